The van der Waals surface area contributed by atoms with Gasteiger partial charge in [-0.3, -0.25) is 19.6 Å². The molecule has 0 atom stereocenters. The highest BCUT2D eigenvalue weighted by molar-refractivity contribution is 6.05. The molecule has 4 N–H and O–H groups in total. The Morgan fingerprint density at radius 2 is 1.41 bits per heavy atom. The van der Waals surface area contributed by atoms with Crippen molar-refractivity contribution in [3.8, 4) is 0 Å². The molecule has 0 fully saturated rings. The molecule has 0 bridgehead atoms. The van der Waals surface area contributed by atoms with Gasteiger partial charge in [0.25, 0.3) is 5.91 Å². The molecular formula is C26H22N6O2. The van der Waals surface area contributed by atoms with Crippen molar-refractivity contribution in [2.75, 3.05) is 21.3 Å². The topological polar surface area (TPSA) is 108 Å². The number of benzene rings is 2. The van der Waals surface area contributed by atoms with Crippen molar-refractivity contribution in [1.82, 2.24) is 9.97 Å². The maximum absolute atomic E-state index is 12.7. The Balaban J connectivity index is 1.42. The second kappa shape index (κ2) is 10.6. The van der Waals surface area contributed by atoms with Gasteiger partial charge < -0.3 is 21.3 Å². The summed E-state index contributed by atoms with van der Waals surface area (Å²) in [5.41, 5.74) is 4.84. The number of amides is 2. The molecule has 8 nitrogen and oxygen atoms in total. The van der Waals surface area contributed by atoms with E-state index in [0.717, 1.165) is 17.1 Å². The maximum Gasteiger partial charge on any atom is 0.255 e. The average Bonchev–Trinajstić information content (AvgIpc) is 2.86. The van der Waals surface area contributed by atoms with Gasteiger partial charge in [-0.1, -0.05) is 12.6 Å². The summed E-state index contributed by atoms with van der Waals surface area (Å²) in [4.78, 5) is 32.4. The van der Waals surface area contributed by atoms with Crippen LogP contribution in [0.25, 0.3) is 0 Å². The van der Waals surface area contributed by atoms with Crippen LogP contribution in [-0.2, 0) is 4.79 Å². The van der Waals surface area contributed by atoms with Crippen molar-refractivity contribution in [1.29, 1.82) is 0 Å². The van der Waals surface area contributed by atoms with Crippen molar-refractivity contribution < 1.29 is 9.59 Å². The van der Waals surface area contributed by atoms with Gasteiger partial charge in [-0.05, 0) is 66.7 Å². The van der Waals surface area contributed by atoms with Crippen molar-refractivity contribution in [2.24, 2.45) is 0 Å². The number of hydrogen-bond acceptors (Lipinski definition) is 6. The van der Waals surface area contributed by atoms with Crippen LogP contribution in [0.1, 0.15) is 10.4 Å². The first-order chi connectivity index (χ1) is 16.6. The predicted octanol–water partition coefficient (Wildman–Crippen LogP) is 5.34. The highest BCUT2D eigenvalue weighted by Crippen LogP contribution is 2.26. The van der Waals surface area contributed by atoms with E-state index in [9.17, 15) is 9.59 Å². The summed E-state index contributed by atoms with van der Waals surface area (Å²) < 4.78 is 0. The zero-order valence-electron chi connectivity index (χ0n) is 18.2. The third kappa shape index (κ3) is 5.83. The molecule has 0 spiro atoms. The molecular weight excluding hydrogens is 428 g/mol. The Morgan fingerprint density at radius 1 is 0.706 bits per heavy atom. The van der Waals surface area contributed by atoms with Gasteiger partial charge in [-0.15, -0.1) is 0 Å². The number of hydrogen-bond donors (Lipinski definition) is 4. The SMILES string of the molecule is C=CC(=O)Nc1cnccc1Nc1cccc(NC(=O)c2ccc(Nc3ccncc3)cc2)c1. The molecule has 4 aromatic rings. The number of nitrogens with zero attached hydrogens (tertiary/aromatic N) is 2. The van der Waals surface area contributed by atoms with Gasteiger partial charge in [-0.25, -0.2) is 0 Å². The monoisotopic (exact) mass is 450 g/mol. The number of aromatic nitrogens is 2. The minimum absolute atomic E-state index is 0.226. The highest BCUT2D eigenvalue weighted by atomic mass is 16.2. The van der Waals surface area contributed by atoms with Gasteiger partial charge in [0.05, 0.1) is 17.6 Å². The molecule has 0 saturated heterocycles. The van der Waals surface area contributed by atoms with Crippen molar-refractivity contribution in [2.45, 2.75) is 0 Å². The molecule has 2 amide bonds. The zero-order chi connectivity index (χ0) is 23.8. The normalized spacial score (nSPS) is 10.1. The molecule has 4 rings (SSSR count). The number of carbonyl (C=O) groups excluding carboxylic acids is 2. The fourth-order valence-corrected chi connectivity index (χ4v) is 3.13. The lowest BCUT2D eigenvalue weighted by Crippen LogP contribution is -2.12. The van der Waals surface area contributed by atoms with Gasteiger partial charge in [-0.2, -0.15) is 0 Å². The Hall–Kier alpha value is -4.98. The average molecular weight is 451 g/mol. The summed E-state index contributed by atoms with van der Waals surface area (Å²) >= 11 is 0. The standard InChI is InChI=1S/C26H22N6O2/c1-2-25(33)32-24-17-28-15-12-23(24)30-21-4-3-5-22(16-21)31-26(34)18-6-8-19(9-7-18)29-20-10-13-27-14-11-20/h2-17H,1H2,(H,27,29)(H,28,30)(H,31,34)(H,32,33). The van der Waals surface area contributed by atoms with Gasteiger partial charge >= 0.3 is 0 Å². The molecule has 0 aliphatic carbocycles. The molecule has 2 aromatic heterocycles. The molecule has 0 saturated carbocycles. The minimum Gasteiger partial charge on any atom is -0.355 e. The second-order valence-electron chi connectivity index (χ2n) is 7.21. The van der Waals surface area contributed by atoms with E-state index < -0.39 is 0 Å². The first-order valence-electron chi connectivity index (χ1n) is 10.4. The van der Waals surface area contributed by atoms with E-state index in [1.807, 2.05) is 36.4 Å². The van der Waals surface area contributed by atoms with E-state index in [0.29, 0.717) is 22.6 Å². The minimum atomic E-state index is -0.334. The van der Waals surface area contributed by atoms with Gasteiger partial charge in [0, 0.05) is 46.9 Å². The number of carbonyl (C=O) groups is 2. The summed E-state index contributed by atoms with van der Waals surface area (Å²) in [7, 11) is 0. The van der Waals surface area contributed by atoms with Crippen LogP contribution in [-0.4, -0.2) is 21.8 Å². The summed E-state index contributed by atoms with van der Waals surface area (Å²) in [6, 6.07) is 20.0. The lowest BCUT2D eigenvalue weighted by atomic mass is 10.1. The van der Waals surface area contributed by atoms with Crippen LogP contribution < -0.4 is 21.3 Å². The Labute approximate surface area is 196 Å². The molecule has 2 heterocycles. The van der Waals surface area contributed by atoms with Crippen LogP contribution in [0.2, 0.25) is 0 Å². The molecule has 34 heavy (non-hydrogen) atoms. The smallest absolute Gasteiger partial charge is 0.255 e. The summed E-state index contributed by atoms with van der Waals surface area (Å²) in [5.74, 6) is -0.561. The summed E-state index contributed by atoms with van der Waals surface area (Å²) in [6.45, 7) is 3.46. The third-order valence-corrected chi connectivity index (χ3v) is 4.78. The maximum atomic E-state index is 12.7. The molecule has 8 heteroatoms. The van der Waals surface area contributed by atoms with Crippen LogP contribution in [0.5, 0.6) is 0 Å². The molecule has 2 aromatic carbocycles. The molecule has 168 valence electrons. The van der Waals surface area contributed by atoms with Crippen LogP contribution >= 0.6 is 0 Å². The quantitative estimate of drug-likeness (QED) is 0.270. The fourth-order valence-electron chi connectivity index (χ4n) is 3.13. The van der Waals surface area contributed by atoms with E-state index in [1.54, 1.807) is 55.1 Å². The Bertz CT molecular complexity index is 1310. The van der Waals surface area contributed by atoms with Gasteiger partial charge in [0.1, 0.15) is 0 Å². The van der Waals surface area contributed by atoms with E-state index in [1.165, 1.54) is 6.08 Å². The second-order valence-corrected chi connectivity index (χ2v) is 7.21. The van der Waals surface area contributed by atoms with E-state index >= 15 is 0 Å². The lowest BCUT2D eigenvalue weighted by Gasteiger charge is -2.13. The van der Waals surface area contributed by atoms with Crippen molar-refractivity contribution in [3.63, 3.8) is 0 Å². The number of rotatable bonds is 8. The molecule has 0 radical (unpaired) electrons. The van der Waals surface area contributed by atoms with Crippen LogP contribution in [0.15, 0.2) is 104 Å². The largest absolute Gasteiger partial charge is 0.355 e. The van der Waals surface area contributed by atoms with E-state index in [4.69, 9.17) is 0 Å². The van der Waals surface area contributed by atoms with Crippen LogP contribution in [0, 0.1) is 0 Å². The predicted molar refractivity (Wildman–Crippen MR) is 135 cm³/mol. The van der Waals surface area contributed by atoms with Crippen LogP contribution in [0.3, 0.4) is 0 Å². The number of anilines is 6. The van der Waals surface area contributed by atoms with E-state index in [2.05, 4.69) is 37.8 Å². The third-order valence-electron chi connectivity index (χ3n) is 4.78. The van der Waals surface area contributed by atoms with Gasteiger partial charge in [0.15, 0.2) is 0 Å². The summed E-state index contributed by atoms with van der Waals surface area (Å²) in [6.07, 6.45) is 7.77. The Morgan fingerprint density at radius 3 is 2.18 bits per heavy atom. The van der Waals surface area contributed by atoms with Crippen molar-refractivity contribution in [3.05, 3.63) is 110 Å². The first-order valence-corrected chi connectivity index (χ1v) is 10.4. The van der Waals surface area contributed by atoms with E-state index in [-0.39, 0.29) is 11.8 Å². The summed E-state index contributed by atoms with van der Waals surface area (Å²) in [5, 5.41) is 12.1. The first kappa shape index (κ1) is 22.2. The number of nitrogens with one attached hydrogen (secondary N) is 4. The van der Waals surface area contributed by atoms with Crippen LogP contribution in [0.4, 0.5) is 34.1 Å². The fraction of sp³-hybridized carbons (Fsp3) is 0. The Kier molecular flexibility index (Phi) is 6.90. The lowest BCUT2D eigenvalue weighted by molar-refractivity contribution is -0.111. The van der Waals surface area contributed by atoms with Gasteiger partial charge in [0.2, 0.25) is 5.91 Å². The van der Waals surface area contributed by atoms with Crippen molar-refractivity contribution >= 4 is 45.9 Å². The highest BCUT2D eigenvalue weighted by Gasteiger charge is 2.09. The molecule has 0 unspecified atom stereocenters. The molecule has 0 aliphatic heterocycles. The zero-order valence-corrected chi connectivity index (χ0v) is 18.2. The number of pyridine rings is 2. The molecule has 0 aliphatic rings.